The zero-order valence-corrected chi connectivity index (χ0v) is 12.2. The Morgan fingerprint density at radius 3 is 2.72 bits per heavy atom. The van der Waals surface area contributed by atoms with Gasteiger partial charge in [0.25, 0.3) is 0 Å². The minimum Gasteiger partial charge on any atom is -0.313 e. The van der Waals surface area contributed by atoms with Crippen molar-refractivity contribution in [2.75, 3.05) is 7.05 Å². The maximum atomic E-state index is 6.28. The Kier molecular flexibility index (Phi) is 4.63. The van der Waals surface area contributed by atoms with Gasteiger partial charge in [-0.1, -0.05) is 31.9 Å². The molecule has 1 N–H and O–H groups in total. The molecule has 1 saturated carbocycles. The Bertz CT molecular complexity index is 394. The molecule has 18 heavy (non-hydrogen) atoms. The number of halogens is 1. The summed E-state index contributed by atoms with van der Waals surface area (Å²) in [6.45, 7) is 4.74. The summed E-state index contributed by atoms with van der Waals surface area (Å²) in [6, 6.07) is 2.40. The second-order valence-electron chi connectivity index (χ2n) is 5.69. The highest BCUT2D eigenvalue weighted by molar-refractivity contribution is 6.31. The first-order chi connectivity index (χ1) is 8.63. The maximum absolute atomic E-state index is 6.28. The molecule has 0 bridgehead atoms. The molecule has 1 aliphatic rings. The molecule has 4 atom stereocenters. The van der Waals surface area contributed by atoms with E-state index < -0.39 is 0 Å². The number of pyridine rings is 1. The lowest BCUT2D eigenvalue weighted by Gasteiger charge is -2.37. The van der Waals surface area contributed by atoms with E-state index in [0.717, 1.165) is 16.9 Å². The summed E-state index contributed by atoms with van der Waals surface area (Å²) in [5.74, 6) is 2.34. The minimum atomic E-state index is 0.357. The van der Waals surface area contributed by atoms with Crippen molar-refractivity contribution in [3.05, 3.63) is 29.0 Å². The van der Waals surface area contributed by atoms with Gasteiger partial charge in [0.05, 0.1) is 5.02 Å². The van der Waals surface area contributed by atoms with E-state index in [-0.39, 0.29) is 0 Å². The third kappa shape index (κ3) is 2.86. The second kappa shape index (κ2) is 6.03. The molecule has 2 nitrogen and oxygen atoms in total. The smallest absolute Gasteiger partial charge is 0.0637 e. The first-order valence-corrected chi connectivity index (χ1v) is 7.28. The lowest BCUT2D eigenvalue weighted by molar-refractivity contribution is 0.174. The van der Waals surface area contributed by atoms with Crippen LogP contribution in [0.4, 0.5) is 0 Å². The normalized spacial score (nSPS) is 30.1. The zero-order valence-electron chi connectivity index (χ0n) is 11.5. The molecule has 0 radical (unpaired) electrons. The highest BCUT2D eigenvalue weighted by atomic mass is 35.5. The number of rotatable bonds is 3. The molecule has 2 rings (SSSR count). The topological polar surface area (TPSA) is 24.9 Å². The van der Waals surface area contributed by atoms with Gasteiger partial charge in [-0.25, -0.2) is 0 Å². The molecule has 1 heterocycles. The van der Waals surface area contributed by atoms with Crippen LogP contribution in [0.1, 0.15) is 44.7 Å². The van der Waals surface area contributed by atoms with Gasteiger partial charge in [0.2, 0.25) is 0 Å². The van der Waals surface area contributed by atoms with E-state index in [1.807, 2.05) is 19.3 Å². The molecule has 3 heteroatoms. The standard InChI is InChI=1S/C15H23ClN2/c1-10-4-5-12(8-11(10)2)15(17-3)13-6-7-18-9-14(13)16/h6-7,9-12,15,17H,4-5,8H2,1-3H3. The van der Waals surface area contributed by atoms with E-state index in [9.17, 15) is 0 Å². The first kappa shape index (κ1) is 13.8. The number of nitrogens with one attached hydrogen (secondary N) is 1. The van der Waals surface area contributed by atoms with Gasteiger partial charge in [0.15, 0.2) is 0 Å². The van der Waals surface area contributed by atoms with E-state index >= 15 is 0 Å². The van der Waals surface area contributed by atoms with E-state index in [2.05, 4.69) is 24.1 Å². The lowest BCUT2D eigenvalue weighted by atomic mass is 9.72. The fourth-order valence-electron chi connectivity index (χ4n) is 3.18. The van der Waals surface area contributed by atoms with Crippen LogP contribution in [-0.2, 0) is 0 Å². The van der Waals surface area contributed by atoms with Gasteiger partial charge in [0, 0.05) is 18.4 Å². The van der Waals surface area contributed by atoms with Crippen molar-refractivity contribution in [3.63, 3.8) is 0 Å². The number of aromatic nitrogens is 1. The van der Waals surface area contributed by atoms with Crippen molar-refractivity contribution >= 4 is 11.6 Å². The van der Waals surface area contributed by atoms with Gasteiger partial charge < -0.3 is 5.32 Å². The average molecular weight is 267 g/mol. The Morgan fingerprint density at radius 2 is 2.11 bits per heavy atom. The molecule has 1 aromatic heterocycles. The largest absolute Gasteiger partial charge is 0.313 e. The summed E-state index contributed by atoms with van der Waals surface area (Å²) >= 11 is 6.28. The molecule has 0 saturated heterocycles. The Hall–Kier alpha value is -0.600. The van der Waals surface area contributed by atoms with E-state index in [4.69, 9.17) is 11.6 Å². The Labute approximate surface area is 115 Å². The number of hydrogen-bond acceptors (Lipinski definition) is 2. The SMILES string of the molecule is CNC(c1ccncc1Cl)C1CCC(C)C(C)C1. The monoisotopic (exact) mass is 266 g/mol. The third-order valence-electron chi connectivity index (χ3n) is 4.56. The molecule has 1 fully saturated rings. The minimum absolute atomic E-state index is 0.357. The second-order valence-corrected chi connectivity index (χ2v) is 6.10. The summed E-state index contributed by atoms with van der Waals surface area (Å²) in [4.78, 5) is 4.07. The molecule has 0 aliphatic heterocycles. The highest BCUT2D eigenvalue weighted by Crippen LogP contribution is 2.40. The molecule has 0 aromatic carbocycles. The van der Waals surface area contributed by atoms with Crippen LogP contribution in [0.5, 0.6) is 0 Å². The predicted octanol–water partition coefficient (Wildman–Crippen LogP) is 4.07. The van der Waals surface area contributed by atoms with Gasteiger partial charge in [-0.2, -0.15) is 0 Å². The van der Waals surface area contributed by atoms with Crippen molar-refractivity contribution in [2.24, 2.45) is 17.8 Å². The molecule has 1 aromatic rings. The van der Waals surface area contributed by atoms with Crippen molar-refractivity contribution in [3.8, 4) is 0 Å². The van der Waals surface area contributed by atoms with E-state index in [0.29, 0.717) is 12.0 Å². The van der Waals surface area contributed by atoms with Crippen LogP contribution in [-0.4, -0.2) is 12.0 Å². The van der Waals surface area contributed by atoms with Crippen LogP contribution < -0.4 is 5.32 Å². The van der Waals surface area contributed by atoms with Crippen LogP contribution in [0.25, 0.3) is 0 Å². The summed E-state index contributed by atoms with van der Waals surface area (Å²) in [5, 5.41) is 4.23. The van der Waals surface area contributed by atoms with Crippen molar-refractivity contribution < 1.29 is 0 Å². The van der Waals surface area contributed by atoms with E-state index in [1.54, 1.807) is 6.20 Å². The van der Waals surface area contributed by atoms with Crippen molar-refractivity contribution in [1.29, 1.82) is 0 Å². The van der Waals surface area contributed by atoms with Crippen LogP contribution >= 0.6 is 11.6 Å². The van der Waals surface area contributed by atoms with Gasteiger partial charge >= 0.3 is 0 Å². The predicted molar refractivity (Wildman–Crippen MR) is 76.7 cm³/mol. The van der Waals surface area contributed by atoms with Gasteiger partial charge in [-0.15, -0.1) is 0 Å². The lowest BCUT2D eigenvalue weighted by Crippen LogP contribution is -2.31. The molecule has 1 aliphatic carbocycles. The fraction of sp³-hybridized carbons (Fsp3) is 0.667. The van der Waals surface area contributed by atoms with Crippen LogP contribution in [0, 0.1) is 17.8 Å². The Balaban J connectivity index is 2.17. The molecular weight excluding hydrogens is 244 g/mol. The molecule has 0 amide bonds. The summed E-state index contributed by atoms with van der Waals surface area (Å²) in [7, 11) is 2.03. The van der Waals surface area contributed by atoms with Gasteiger partial charge in [0.1, 0.15) is 0 Å². The highest BCUT2D eigenvalue weighted by Gasteiger charge is 2.31. The summed E-state index contributed by atoms with van der Waals surface area (Å²) in [5.41, 5.74) is 1.20. The van der Waals surface area contributed by atoms with Gasteiger partial charge in [-0.3, -0.25) is 4.98 Å². The summed E-state index contributed by atoms with van der Waals surface area (Å²) < 4.78 is 0. The molecule has 4 unspecified atom stereocenters. The first-order valence-electron chi connectivity index (χ1n) is 6.90. The van der Waals surface area contributed by atoms with Crippen LogP contribution in [0.15, 0.2) is 18.5 Å². The Morgan fingerprint density at radius 1 is 1.33 bits per heavy atom. The zero-order chi connectivity index (χ0) is 13.1. The quantitative estimate of drug-likeness (QED) is 0.892. The maximum Gasteiger partial charge on any atom is 0.0637 e. The molecule has 0 spiro atoms. The summed E-state index contributed by atoms with van der Waals surface area (Å²) in [6.07, 6.45) is 7.48. The van der Waals surface area contributed by atoms with E-state index in [1.165, 1.54) is 24.8 Å². The third-order valence-corrected chi connectivity index (χ3v) is 4.88. The average Bonchev–Trinajstić information content (AvgIpc) is 2.37. The van der Waals surface area contributed by atoms with Crippen LogP contribution in [0.3, 0.4) is 0 Å². The molecule has 100 valence electrons. The van der Waals surface area contributed by atoms with Crippen molar-refractivity contribution in [2.45, 2.75) is 39.2 Å². The van der Waals surface area contributed by atoms with Gasteiger partial charge in [-0.05, 0) is 49.3 Å². The number of nitrogens with zero attached hydrogens (tertiary/aromatic N) is 1. The molecular formula is C15H23ClN2. The van der Waals surface area contributed by atoms with Crippen LogP contribution in [0.2, 0.25) is 5.02 Å². The fourth-order valence-corrected chi connectivity index (χ4v) is 3.41. The number of hydrogen-bond donors (Lipinski definition) is 1. The van der Waals surface area contributed by atoms with Crippen molar-refractivity contribution in [1.82, 2.24) is 10.3 Å².